The van der Waals surface area contributed by atoms with Crippen LogP contribution in [-0.2, 0) is 0 Å². The lowest BCUT2D eigenvalue weighted by Crippen LogP contribution is -1.92. The number of nitrogen functional groups attached to an aromatic ring is 1. The molecule has 1 aromatic carbocycles. The van der Waals surface area contributed by atoms with E-state index in [1.807, 2.05) is 0 Å². The quantitative estimate of drug-likeness (QED) is 0.852. The second kappa shape index (κ2) is 3.80. The third kappa shape index (κ3) is 1.69. The molecule has 2 rings (SSSR count). The number of benzene rings is 1. The van der Waals surface area contributed by atoms with Gasteiger partial charge in [-0.15, -0.1) is 0 Å². The molecular weight excluding hydrogens is 218 g/mol. The van der Waals surface area contributed by atoms with Crippen molar-refractivity contribution in [3.8, 4) is 17.1 Å². The van der Waals surface area contributed by atoms with Crippen LogP contribution in [0.1, 0.15) is 0 Å². The van der Waals surface area contributed by atoms with Gasteiger partial charge in [0.2, 0.25) is 0 Å². The minimum atomic E-state index is -0.798. The number of methoxy groups -OCH3 is 1. The third-order valence-electron chi connectivity index (χ3n) is 2.01. The van der Waals surface area contributed by atoms with E-state index in [0.717, 1.165) is 12.1 Å². The molecule has 0 fully saturated rings. The summed E-state index contributed by atoms with van der Waals surface area (Å²) < 4.78 is 36.3. The van der Waals surface area contributed by atoms with Crippen molar-refractivity contribution in [2.45, 2.75) is 0 Å². The second-order valence-corrected chi connectivity index (χ2v) is 3.03. The van der Waals surface area contributed by atoms with Gasteiger partial charge in [-0.2, -0.15) is 0 Å². The maximum Gasteiger partial charge on any atom is 0.292 e. The predicted molar refractivity (Wildman–Crippen MR) is 52.8 cm³/mol. The Labute approximate surface area is 89.7 Å². The van der Waals surface area contributed by atoms with Crippen molar-refractivity contribution in [2.24, 2.45) is 0 Å². The van der Waals surface area contributed by atoms with Crippen LogP contribution in [-0.4, -0.2) is 12.1 Å². The molecule has 0 bridgehead atoms. The van der Waals surface area contributed by atoms with Gasteiger partial charge in [0.15, 0.2) is 5.76 Å². The summed E-state index contributed by atoms with van der Waals surface area (Å²) in [6, 6.07) is 1.69. The van der Waals surface area contributed by atoms with Crippen LogP contribution in [0.15, 0.2) is 22.7 Å². The average molecular weight is 226 g/mol. The van der Waals surface area contributed by atoms with Crippen LogP contribution < -0.4 is 10.5 Å². The predicted octanol–water partition coefficient (Wildman–Crippen LogP) is 2.21. The summed E-state index contributed by atoms with van der Waals surface area (Å²) in [5.41, 5.74) is 5.27. The van der Waals surface area contributed by atoms with Gasteiger partial charge in [0.05, 0.1) is 18.9 Å². The van der Waals surface area contributed by atoms with Crippen molar-refractivity contribution in [2.75, 3.05) is 12.8 Å². The molecule has 1 heterocycles. The summed E-state index contributed by atoms with van der Waals surface area (Å²) in [7, 11) is 1.30. The van der Waals surface area contributed by atoms with E-state index in [-0.39, 0.29) is 23.1 Å². The molecule has 0 spiro atoms. The van der Waals surface area contributed by atoms with Gasteiger partial charge in [0, 0.05) is 12.1 Å². The van der Waals surface area contributed by atoms with E-state index in [0.29, 0.717) is 0 Å². The molecular formula is C10H8F2N2O2. The minimum Gasteiger partial charge on any atom is -0.496 e. The van der Waals surface area contributed by atoms with Crippen molar-refractivity contribution in [3.63, 3.8) is 0 Å². The van der Waals surface area contributed by atoms with Crippen LogP contribution in [0.4, 0.5) is 14.8 Å². The van der Waals surface area contributed by atoms with Crippen molar-refractivity contribution in [1.29, 1.82) is 0 Å². The molecule has 0 atom stereocenters. The molecule has 0 saturated carbocycles. The number of halogens is 2. The average Bonchev–Trinajstić information content (AvgIpc) is 2.63. The lowest BCUT2D eigenvalue weighted by Gasteiger charge is -2.06. The van der Waals surface area contributed by atoms with Crippen LogP contribution in [0.5, 0.6) is 5.75 Å². The van der Waals surface area contributed by atoms with E-state index in [9.17, 15) is 8.78 Å². The topological polar surface area (TPSA) is 61.3 Å². The van der Waals surface area contributed by atoms with Gasteiger partial charge >= 0.3 is 0 Å². The van der Waals surface area contributed by atoms with Gasteiger partial charge in [0.25, 0.3) is 6.01 Å². The first-order chi connectivity index (χ1) is 7.61. The molecule has 1 aromatic heterocycles. The second-order valence-electron chi connectivity index (χ2n) is 3.03. The monoisotopic (exact) mass is 226 g/mol. The molecule has 0 amide bonds. The fourth-order valence-electron chi connectivity index (χ4n) is 1.35. The highest BCUT2D eigenvalue weighted by molar-refractivity contribution is 5.66. The Morgan fingerprint density at radius 3 is 2.69 bits per heavy atom. The first-order valence-electron chi connectivity index (χ1n) is 4.36. The number of oxazole rings is 1. The Morgan fingerprint density at radius 1 is 1.38 bits per heavy atom. The summed E-state index contributed by atoms with van der Waals surface area (Å²) in [5, 5.41) is 0. The third-order valence-corrected chi connectivity index (χ3v) is 2.01. The first-order valence-corrected chi connectivity index (χ1v) is 4.36. The summed E-state index contributed by atoms with van der Waals surface area (Å²) in [6.07, 6.45) is 1.24. The molecule has 4 nitrogen and oxygen atoms in total. The van der Waals surface area contributed by atoms with Crippen LogP contribution >= 0.6 is 0 Å². The standard InChI is InChI=1S/C10H8F2N2O2/c1-15-7-3-5(11)2-6(12)9(7)8-4-14-10(13)16-8/h2-4H,1H3,(H2,13,14). The van der Waals surface area contributed by atoms with Crippen LogP contribution in [0.2, 0.25) is 0 Å². The van der Waals surface area contributed by atoms with Crippen molar-refractivity contribution >= 4 is 6.01 Å². The molecule has 6 heteroatoms. The molecule has 0 radical (unpaired) electrons. The number of anilines is 1. The van der Waals surface area contributed by atoms with E-state index in [4.69, 9.17) is 14.9 Å². The van der Waals surface area contributed by atoms with Gasteiger partial charge in [-0.1, -0.05) is 0 Å². The molecule has 0 saturated heterocycles. The SMILES string of the molecule is COc1cc(F)cc(F)c1-c1cnc(N)o1. The molecule has 84 valence electrons. The van der Waals surface area contributed by atoms with Crippen LogP contribution in [0.3, 0.4) is 0 Å². The zero-order valence-corrected chi connectivity index (χ0v) is 8.33. The number of nitrogens with two attached hydrogens (primary N) is 1. The first kappa shape index (κ1) is 10.4. The van der Waals surface area contributed by atoms with E-state index in [2.05, 4.69) is 4.98 Å². The lowest BCUT2D eigenvalue weighted by atomic mass is 10.1. The van der Waals surface area contributed by atoms with Crippen LogP contribution in [0, 0.1) is 11.6 Å². The molecule has 16 heavy (non-hydrogen) atoms. The van der Waals surface area contributed by atoms with Gasteiger partial charge in [-0.05, 0) is 0 Å². The number of nitrogens with zero attached hydrogens (tertiary/aromatic N) is 1. The highest BCUT2D eigenvalue weighted by Gasteiger charge is 2.17. The fraction of sp³-hybridized carbons (Fsp3) is 0.100. The van der Waals surface area contributed by atoms with Gasteiger partial charge in [-0.3, -0.25) is 0 Å². The molecule has 0 aliphatic carbocycles. The molecule has 2 N–H and O–H groups in total. The summed E-state index contributed by atoms with van der Waals surface area (Å²) in [5.74, 6) is -1.42. The smallest absolute Gasteiger partial charge is 0.292 e. The van der Waals surface area contributed by atoms with E-state index in [1.54, 1.807) is 0 Å². The summed E-state index contributed by atoms with van der Waals surface area (Å²) in [6.45, 7) is 0. The van der Waals surface area contributed by atoms with E-state index >= 15 is 0 Å². The fourth-order valence-corrected chi connectivity index (χ4v) is 1.35. The number of hydrogen-bond acceptors (Lipinski definition) is 4. The number of hydrogen-bond donors (Lipinski definition) is 1. The van der Waals surface area contributed by atoms with Gasteiger partial charge in [-0.25, -0.2) is 13.8 Å². The van der Waals surface area contributed by atoms with Crippen molar-refractivity contribution in [1.82, 2.24) is 4.98 Å². The van der Waals surface area contributed by atoms with Crippen molar-refractivity contribution in [3.05, 3.63) is 30.0 Å². The minimum absolute atomic E-state index is 0.00639. The Morgan fingerprint density at radius 2 is 2.12 bits per heavy atom. The maximum atomic E-state index is 13.5. The van der Waals surface area contributed by atoms with E-state index in [1.165, 1.54) is 13.3 Å². The molecule has 0 unspecified atom stereocenters. The maximum absolute atomic E-state index is 13.5. The lowest BCUT2D eigenvalue weighted by molar-refractivity contribution is 0.407. The highest BCUT2D eigenvalue weighted by atomic mass is 19.1. The van der Waals surface area contributed by atoms with Gasteiger partial charge < -0.3 is 14.9 Å². The van der Waals surface area contributed by atoms with Crippen molar-refractivity contribution < 1.29 is 17.9 Å². The highest BCUT2D eigenvalue weighted by Crippen LogP contribution is 2.34. The van der Waals surface area contributed by atoms with Crippen LogP contribution in [0.25, 0.3) is 11.3 Å². The zero-order valence-electron chi connectivity index (χ0n) is 8.33. The summed E-state index contributed by atoms with van der Waals surface area (Å²) >= 11 is 0. The Bertz CT molecular complexity index is 526. The largest absolute Gasteiger partial charge is 0.496 e. The molecule has 0 aliphatic rings. The Kier molecular flexibility index (Phi) is 2.47. The molecule has 0 aliphatic heterocycles. The molecule has 2 aromatic rings. The number of rotatable bonds is 2. The number of aromatic nitrogens is 1. The normalized spacial score (nSPS) is 10.4. The zero-order chi connectivity index (χ0) is 11.7. The Hall–Kier alpha value is -2.11. The number of ether oxygens (including phenoxy) is 1. The Balaban J connectivity index is 2.63. The van der Waals surface area contributed by atoms with Gasteiger partial charge in [0.1, 0.15) is 17.4 Å². The summed E-state index contributed by atoms with van der Waals surface area (Å²) in [4.78, 5) is 3.63. The van der Waals surface area contributed by atoms with E-state index < -0.39 is 11.6 Å².